The number of carbonyl (C=O) groups excluding carboxylic acids is 2. The molecule has 0 amide bonds. The Hall–Kier alpha value is -4.60. The minimum absolute atomic E-state index is 0.00305. The Morgan fingerprint density at radius 1 is 0.884 bits per heavy atom. The van der Waals surface area contributed by atoms with E-state index in [4.69, 9.17) is 14.2 Å². The van der Waals surface area contributed by atoms with E-state index in [9.17, 15) is 19.2 Å². The molecule has 1 saturated heterocycles. The van der Waals surface area contributed by atoms with Gasteiger partial charge in [-0.1, -0.05) is 91.0 Å². The molecule has 1 N–H and O–H groups in total. The SMILES string of the molecule is CC(=O)CCC(=O)O[C@H]1C[C@H](n2cc(C)c(=O)[nH]c2=O)O[C@H]1COC(c1ccccc1)(c1ccccc1)c1ccccc1. The zero-order chi connectivity index (χ0) is 30.4. The molecule has 43 heavy (non-hydrogen) atoms. The van der Waals surface area contributed by atoms with Crippen LogP contribution in [-0.2, 0) is 29.4 Å². The number of aryl methyl sites for hydroxylation is 1. The van der Waals surface area contributed by atoms with E-state index >= 15 is 0 Å². The predicted octanol–water partition coefficient (Wildman–Crippen LogP) is 4.42. The lowest BCUT2D eigenvalue weighted by Crippen LogP contribution is -2.39. The van der Waals surface area contributed by atoms with E-state index in [0.29, 0.717) is 5.56 Å². The fraction of sp³-hybridized carbons (Fsp3) is 0.294. The zero-order valence-electron chi connectivity index (χ0n) is 24.1. The summed E-state index contributed by atoms with van der Waals surface area (Å²) in [6, 6.07) is 29.5. The van der Waals surface area contributed by atoms with Gasteiger partial charge in [-0.05, 0) is 30.5 Å². The van der Waals surface area contributed by atoms with Crippen molar-refractivity contribution in [2.75, 3.05) is 6.61 Å². The van der Waals surface area contributed by atoms with Gasteiger partial charge < -0.3 is 19.0 Å². The number of carbonyl (C=O) groups is 2. The summed E-state index contributed by atoms with van der Waals surface area (Å²) in [6.07, 6.45) is -0.767. The van der Waals surface area contributed by atoms with Crippen molar-refractivity contribution in [3.63, 3.8) is 0 Å². The normalized spacial score (nSPS) is 18.3. The van der Waals surface area contributed by atoms with Crippen LogP contribution < -0.4 is 11.2 Å². The van der Waals surface area contributed by atoms with Crippen LogP contribution in [-0.4, -0.2) is 40.1 Å². The third-order valence-electron chi connectivity index (χ3n) is 7.61. The third-order valence-corrected chi connectivity index (χ3v) is 7.61. The molecular formula is C34H34N2O7. The molecule has 0 spiro atoms. The highest BCUT2D eigenvalue weighted by Gasteiger charge is 2.43. The molecule has 1 fully saturated rings. The number of hydrogen-bond donors (Lipinski definition) is 1. The molecule has 0 bridgehead atoms. The number of nitrogens with zero attached hydrogens (tertiary/aromatic N) is 1. The Bertz CT molecular complexity index is 1570. The summed E-state index contributed by atoms with van der Waals surface area (Å²) in [6.45, 7) is 3.01. The molecule has 4 aromatic rings. The fourth-order valence-electron chi connectivity index (χ4n) is 5.43. The van der Waals surface area contributed by atoms with E-state index in [2.05, 4.69) is 4.98 Å². The molecule has 1 aromatic heterocycles. The smallest absolute Gasteiger partial charge is 0.330 e. The first kappa shape index (κ1) is 29.9. The molecule has 5 rings (SSSR count). The summed E-state index contributed by atoms with van der Waals surface area (Å²) in [7, 11) is 0. The van der Waals surface area contributed by atoms with Crippen LogP contribution in [0.2, 0.25) is 0 Å². The minimum atomic E-state index is -1.04. The van der Waals surface area contributed by atoms with Gasteiger partial charge in [0.05, 0.1) is 13.0 Å². The van der Waals surface area contributed by atoms with Crippen molar-refractivity contribution in [1.82, 2.24) is 9.55 Å². The number of esters is 1. The Morgan fingerprint density at radius 2 is 1.42 bits per heavy atom. The molecule has 1 aliphatic heterocycles. The lowest BCUT2D eigenvalue weighted by Gasteiger charge is -2.37. The van der Waals surface area contributed by atoms with Gasteiger partial charge in [-0.15, -0.1) is 0 Å². The van der Waals surface area contributed by atoms with Gasteiger partial charge in [0, 0.05) is 24.6 Å². The maximum absolute atomic E-state index is 12.7. The molecule has 0 unspecified atom stereocenters. The van der Waals surface area contributed by atoms with Gasteiger partial charge >= 0.3 is 11.7 Å². The number of ketones is 1. The molecule has 222 valence electrons. The quantitative estimate of drug-likeness (QED) is 0.206. The first-order valence-corrected chi connectivity index (χ1v) is 14.2. The summed E-state index contributed by atoms with van der Waals surface area (Å²) in [5.41, 5.74) is 0.869. The summed E-state index contributed by atoms with van der Waals surface area (Å²) in [5, 5.41) is 0. The van der Waals surface area contributed by atoms with Crippen LogP contribution in [0.3, 0.4) is 0 Å². The molecule has 2 heterocycles. The first-order valence-electron chi connectivity index (χ1n) is 14.2. The highest BCUT2D eigenvalue weighted by molar-refractivity contribution is 5.81. The standard InChI is InChI=1S/C34H34N2O7/c1-23-21-36(33(40)35-32(23)39)30-20-28(43-31(38)19-18-24(2)37)29(42-30)22-41-34(25-12-6-3-7-13-25,26-14-8-4-9-15-26)27-16-10-5-11-17-27/h3-17,21,28-30H,18-20,22H2,1-2H3,(H,35,39,40)/t28-,29-,30+/m0/s1. The number of benzene rings is 3. The predicted molar refractivity (Wildman–Crippen MR) is 160 cm³/mol. The van der Waals surface area contributed by atoms with Crippen molar-refractivity contribution in [3.8, 4) is 0 Å². The monoisotopic (exact) mass is 582 g/mol. The van der Waals surface area contributed by atoms with Crippen LogP contribution in [0.15, 0.2) is 107 Å². The van der Waals surface area contributed by atoms with Gasteiger partial charge in [-0.3, -0.25) is 19.1 Å². The summed E-state index contributed by atoms with van der Waals surface area (Å²) in [5.74, 6) is -0.661. The van der Waals surface area contributed by atoms with E-state index in [1.54, 1.807) is 6.92 Å². The number of nitrogens with one attached hydrogen (secondary N) is 1. The van der Waals surface area contributed by atoms with E-state index in [1.807, 2.05) is 91.0 Å². The fourth-order valence-corrected chi connectivity index (χ4v) is 5.43. The maximum atomic E-state index is 12.7. The van der Waals surface area contributed by atoms with Gasteiger partial charge in [0.2, 0.25) is 0 Å². The Balaban J connectivity index is 1.52. The number of ether oxygens (including phenoxy) is 3. The molecule has 0 radical (unpaired) electrons. The summed E-state index contributed by atoms with van der Waals surface area (Å²) < 4.78 is 20.4. The summed E-state index contributed by atoms with van der Waals surface area (Å²) in [4.78, 5) is 51.2. The summed E-state index contributed by atoms with van der Waals surface area (Å²) >= 11 is 0. The lowest BCUT2D eigenvalue weighted by atomic mass is 9.80. The van der Waals surface area contributed by atoms with Gasteiger partial charge in [-0.2, -0.15) is 0 Å². The molecule has 3 aromatic carbocycles. The van der Waals surface area contributed by atoms with Crippen molar-refractivity contribution < 1.29 is 23.8 Å². The van der Waals surface area contributed by atoms with E-state index in [-0.39, 0.29) is 31.7 Å². The highest BCUT2D eigenvalue weighted by atomic mass is 16.6. The molecular weight excluding hydrogens is 548 g/mol. The van der Waals surface area contributed by atoms with Gasteiger partial charge in [-0.25, -0.2) is 4.79 Å². The lowest BCUT2D eigenvalue weighted by molar-refractivity contribution is -0.156. The average molecular weight is 583 g/mol. The second kappa shape index (κ2) is 13.1. The van der Waals surface area contributed by atoms with Crippen molar-refractivity contribution in [3.05, 3.63) is 140 Å². The van der Waals surface area contributed by atoms with E-state index in [1.165, 1.54) is 17.7 Å². The Morgan fingerprint density at radius 3 is 1.93 bits per heavy atom. The highest BCUT2D eigenvalue weighted by Crippen LogP contribution is 2.42. The number of aromatic nitrogens is 2. The van der Waals surface area contributed by atoms with Crippen molar-refractivity contribution in [2.45, 2.75) is 57.1 Å². The van der Waals surface area contributed by atoms with Crippen molar-refractivity contribution in [2.24, 2.45) is 0 Å². The van der Waals surface area contributed by atoms with E-state index in [0.717, 1.165) is 16.7 Å². The third kappa shape index (κ3) is 6.58. The number of aromatic amines is 1. The van der Waals surface area contributed by atoms with Gasteiger partial charge in [0.1, 0.15) is 29.8 Å². The maximum Gasteiger partial charge on any atom is 0.330 e. The Labute approximate surface area is 249 Å². The van der Waals surface area contributed by atoms with Gasteiger partial charge in [0.15, 0.2) is 0 Å². The topological polar surface area (TPSA) is 117 Å². The van der Waals surface area contributed by atoms with Crippen molar-refractivity contribution in [1.29, 1.82) is 0 Å². The number of Topliss-reactive ketones (excluding diaryl/α,β-unsaturated/α-hetero) is 1. The van der Waals surface area contributed by atoms with Crippen LogP contribution >= 0.6 is 0 Å². The largest absolute Gasteiger partial charge is 0.459 e. The van der Waals surface area contributed by atoms with Crippen LogP contribution in [0.1, 0.15) is 54.7 Å². The minimum Gasteiger partial charge on any atom is -0.459 e. The Kier molecular flexibility index (Phi) is 9.13. The average Bonchev–Trinajstić information content (AvgIpc) is 3.41. The van der Waals surface area contributed by atoms with Crippen LogP contribution in [0.5, 0.6) is 0 Å². The molecule has 0 aliphatic carbocycles. The van der Waals surface area contributed by atoms with Gasteiger partial charge in [0.25, 0.3) is 5.56 Å². The molecule has 0 saturated carbocycles. The second-order valence-corrected chi connectivity index (χ2v) is 10.7. The molecule has 9 nitrogen and oxygen atoms in total. The number of rotatable bonds is 11. The molecule has 3 atom stereocenters. The van der Waals surface area contributed by atoms with Crippen molar-refractivity contribution >= 4 is 11.8 Å². The van der Waals surface area contributed by atoms with Crippen LogP contribution in [0, 0.1) is 6.92 Å². The first-order chi connectivity index (χ1) is 20.8. The number of hydrogen-bond acceptors (Lipinski definition) is 7. The number of H-pyrrole nitrogens is 1. The van der Waals surface area contributed by atoms with Crippen LogP contribution in [0.25, 0.3) is 0 Å². The molecule has 1 aliphatic rings. The molecule has 9 heteroatoms. The van der Waals surface area contributed by atoms with E-state index < -0.39 is 41.3 Å². The zero-order valence-corrected chi connectivity index (χ0v) is 24.1. The van der Waals surface area contributed by atoms with Crippen LogP contribution in [0.4, 0.5) is 0 Å². The second-order valence-electron chi connectivity index (χ2n) is 10.7.